The quantitative estimate of drug-likeness (QED) is 0.866. The molecule has 0 radical (unpaired) electrons. The molecule has 0 aromatic heterocycles. The molecule has 0 heterocycles. The van der Waals surface area contributed by atoms with E-state index in [1.54, 1.807) is 0 Å². The Kier molecular flexibility index (Phi) is 4.33. The first-order chi connectivity index (χ1) is 8.20. The average Bonchev–Trinajstić information content (AvgIpc) is 2.20. The number of nitrogens with one attached hydrogen (secondary N) is 1. The molecule has 0 atom stereocenters. The fourth-order valence-electron chi connectivity index (χ4n) is 0.972. The summed E-state index contributed by atoms with van der Waals surface area (Å²) in [4.78, 5) is 10.6. The molecule has 18 heavy (non-hydrogen) atoms. The SMILES string of the molecule is O=C(Nc1ccc(OC(F)F)c(Cl)c1)C(F)(F)F. The van der Waals surface area contributed by atoms with Crippen LogP contribution in [0.3, 0.4) is 0 Å². The van der Waals surface area contributed by atoms with E-state index in [-0.39, 0.29) is 10.7 Å². The van der Waals surface area contributed by atoms with E-state index < -0.39 is 24.4 Å². The molecular formula is C9H5ClF5NO2. The molecule has 100 valence electrons. The first-order valence-corrected chi connectivity index (χ1v) is 4.70. The summed E-state index contributed by atoms with van der Waals surface area (Å²) in [7, 11) is 0. The van der Waals surface area contributed by atoms with Crippen molar-refractivity contribution in [3.63, 3.8) is 0 Å². The zero-order valence-electron chi connectivity index (χ0n) is 8.39. The Morgan fingerprint density at radius 3 is 2.39 bits per heavy atom. The van der Waals surface area contributed by atoms with Crippen molar-refractivity contribution >= 4 is 23.2 Å². The van der Waals surface area contributed by atoms with Crippen LogP contribution in [-0.4, -0.2) is 18.7 Å². The highest BCUT2D eigenvalue weighted by Gasteiger charge is 2.38. The van der Waals surface area contributed by atoms with Crippen LogP contribution >= 0.6 is 11.6 Å². The number of halogens is 6. The lowest BCUT2D eigenvalue weighted by Crippen LogP contribution is -2.29. The molecule has 0 unspecified atom stereocenters. The van der Waals surface area contributed by atoms with Crippen LogP contribution in [-0.2, 0) is 4.79 Å². The molecule has 1 N–H and O–H groups in total. The second-order valence-corrected chi connectivity index (χ2v) is 3.38. The molecule has 1 amide bonds. The fourth-order valence-corrected chi connectivity index (χ4v) is 1.20. The number of anilines is 1. The number of carbonyl (C=O) groups excluding carboxylic acids is 1. The van der Waals surface area contributed by atoms with Crippen molar-refractivity contribution in [3.8, 4) is 5.75 Å². The van der Waals surface area contributed by atoms with E-state index in [1.807, 2.05) is 0 Å². The predicted molar refractivity (Wildman–Crippen MR) is 52.8 cm³/mol. The molecule has 0 aliphatic carbocycles. The summed E-state index contributed by atoms with van der Waals surface area (Å²) in [5.41, 5.74) is -0.288. The molecule has 0 fully saturated rings. The summed E-state index contributed by atoms with van der Waals surface area (Å²) in [6, 6.07) is 2.73. The third kappa shape index (κ3) is 4.02. The Balaban J connectivity index is 2.82. The average molecular weight is 290 g/mol. The van der Waals surface area contributed by atoms with E-state index in [2.05, 4.69) is 4.74 Å². The lowest BCUT2D eigenvalue weighted by Gasteiger charge is -2.10. The largest absolute Gasteiger partial charge is 0.471 e. The number of ether oxygens (including phenoxy) is 1. The number of hydrogen-bond acceptors (Lipinski definition) is 2. The number of rotatable bonds is 3. The first-order valence-electron chi connectivity index (χ1n) is 4.32. The van der Waals surface area contributed by atoms with Crippen molar-refractivity contribution in [1.29, 1.82) is 0 Å². The molecule has 1 rings (SSSR count). The van der Waals surface area contributed by atoms with Crippen LogP contribution in [0.2, 0.25) is 5.02 Å². The van der Waals surface area contributed by atoms with Crippen molar-refractivity contribution in [1.82, 2.24) is 0 Å². The van der Waals surface area contributed by atoms with Gasteiger partial charge < -0.3 is 10.1 Å². The normalized spacial score (nSPS) is 11.5. The van der Waals surface area contributed by atoms with Crippen LogP contribution in [0.25, 0.3) is 0 Å². The molecule has 1 aromatic rings. The second kappa shape index (κ2) is 5.38. The third-order valence-electron chi connectivity index (χ3n) is 1.66. The van der Waals surface area contributed by atoms with Crippen molar-refractivity contribution < 1.29 is 31.5 Å². The zero-order valence-corrected chi connectivity index (χ0v) is 9.15. The van der Waals surface area contributed by atoms with E-state index in [4.69, 9.17) is 11.6 Å². The van der Waals surface area contributed by atoms with Gasteiger partial charge in [0.05, 0.1) is 5.02 Å². The Hall–Kier alpha value is -1.57. The lowest BCUT2D eigenvalue weighted by molar-refractivity contribution is -0.167. The molecule has 3 nitrogen and oxygen atoms in total. The molecule has 0 spiro atoms. The Bertz CT molecular complexity index is 449. The molecule has 0 saturated carbocycles. The minimum absolute atomic E-state index is 0.288. The third-order valence-corrected chi connectivity index (χ3v) is 1.96. The lowest BCUT2D eigenvalue weighted by atomic mass is 10.3. The Morgan fingerprint density at radius 1 is 1.33 bits per heavy atom. The smallest absolute Gasteiger partial charge is 0.433 e. The highest BCUT2D eigenvalue weighted by Crippen LogP contribution is 2.29. The van der Waals surface area contributed by atoms with Gasteiger partial charge >= 0.3 is 18.7 Å². The van der Waals surface area contributed by atoms with Crippen molar-refractivity contribution in [2.45, 2.75) is 12.8 Å². The topological polar surface area (TPSA) is 38.3 Å². The van der Waals surface area contributed by atoms with Crippen molar-refractivity contribution in [2.24, 2.45) is 0 Å². The summed E-state index contributed by atoms with van der Waals surface area (Å²) < 4.78 is 63.5. The monoisotopic (exact) mass is 289 g/mol. The first kappa shape index (κ1) is 14.5. The summed E-state index contributed by atoms with van der Waals surface area (Å²) in [5.74, 6) is -2.60. The highest BCUT2D eigenvalue weighted by atomic mass is 35.5. The predicted octanol–water partition coefficient (Wildman–Crippen LogP) is 3.44. The van der Waals surface area contributed by atoms with Crippen LogP contribution in [0.15, 0.2) is 18.2 Å². The number of carbonyl (C=O) groups is 1. The van der Waals surface area contributed by atoms with Gasteiger partial charge in [0.2, 0.25) is 0 Å². The standard InChI is InChI=1S/C9H5ClF5NO2/c10-5-3-4(16-7(17)9(13,14)15)1-2-6(5)18-8(11)12/h1-3,8H,(H,16,17). The van der Waals surface area contributed by atoms with E-state index in [0.29, 0.717) is 0 Å². The van der Waals surface area contributed by atoms with Crippen LogP contribution in [0.4, 0.5) is 27.6 Å². The Morgan fingerprint density at radius 2 is 1.94 bits per heavy atom. The van der Waals surface area contributed by atoms with Gasteiger partial charge in [-0.2, -0.15) is 22.0 Å². The van der Waals surface area contributed by atoms with Gasteiger partial charge in [0, 0.05) is 5.69 Å². The van der Waals surface area contributed by atoms with E-state index in [9.17, 15) is 26.7 Å². The van der Waals surface area contributed by atoms with E-state index in [1.165, 1.54) is 5.32 Å². The summed E-state index contributed by atoms with van der Waals surface area (Å²) in [6.45, 7) is -3.11. The summed E-state index contributed by atoms with van der Waals surface area (Å²) in [5, 5.41) is 1.16. The van der Waals surface area contributed by atoms with Gasteiger partial charge in [-0.3, -0.25) is 4.79 Å². The van der Waals surface area contributed by atoms with Gasteiger partial charge in [-0.15, -0.1) is 0 Å². The van der Waals surface area contributed by atoms with Crippen LogP contribution in [0.1, 0.15) is 0 Å². The molecule has 1 aromatic carbocycles. The summed E-state index contributed by atoms with van der Waals surface area (Å²) in [6.07, 6.45) is -5.05. The van der Waals surface area contributed by atoms with Crippen LogP contribution < -0.4 is 10.1 Å². The molecule has 9 heteroatoms. The van der Waals surface area contributed by atoms with Crippen molar-refractivity contribution in [2.75, 3.05) is 5.32 Å². The molecule has 0 aliphatic heterocycles. The second-order valence-electron chi connectivity index (χ2n) is 2.98. The van der Waals surface area contributed by atoms with Gasteiger partial charge in [0.1, 0.15) is 5.75 Å². The number of hydrogen-bond donors (Lipinski definition) is 1. The maximum absolute atomic E-state index is 11.9. The van der Waals surface area contributed by atoms with Gasteiger partial charge in [-0.05, 0) is 18.2 Å². The van der Waals surface area contributed by atoms with Gasteiger partial charge in [-0.1, -0.05) is 11.6 Å². The molecular weight excluding hydrogens is 285 g/mol. The molecule has 0 aliphatic rings. The molecule has 0 saturated heterocycles. The van der Waals surface area contributed by atoms with Crippen molar-refractivity contribution in [3.05, 3.63) is 23.2 Å². The maximum Gasteiger partial charge on any atom is 0.471 e. The van der Waals surface area contributed by atoms with Crippen LogP contribution in [0, 0.1) is 0 Å². The maximum atomic E-state index is 11.9. The number of alkyl halides is 5. The minimum Gasteiger partial charge on any atom is -0.433 e. The van der Waals surface area contributed by atoms with Crippen LogP contribution in [0.5, 0.6) is 5.75 Å². The highest BCUT2D eigenvalue weighted by molar-refractivity contribution is 6.32. The van der Waals surface area contributed by atoms with E-state index >= 15 is 0 Å². The summed E-state index contributed by atoms with van der Waals surface area (Å²) >= 11 is 5.48. The van der Waals surface area contributed by atoms with Gasteiger partial charge in [0.15, 0.2) is 0 Å². The van der Waals surface area contributed by atoms with Gasteiger partial charge in [-0.25, -0.2) is 0 Å². The number of benzene rings is 1. The fraction of sp³-hybridized carbons (Fsp3) is 0.222. The van der Waals surface area contributed by atoms with E-state index in [0.717, 1.165) is 18.2 Å². The number of amides is 1. The minimum atomic E-state index is -5.05. The molecule has 0 bridgehead atoms. The van der Waals surface area contributed by atoms with Gasteiger partial charge in [0.25, 0.3) is 0 Å². The zero-order chi connectivity index (χ0) is 13.9. The Labute approximate surface area is 102 Å².